The van der Waals surface area contributed by atoms with Crippen LogP contribution in [0.15, 0.2) is 24.3 Å². The molecule has 5 nitrogen and oxygen atoms in total. The number of aromatic carboxylic acids is 1. The van der Waals surface area contributed by atoms with E-state index >= 15 is 0 Å². The first kappa shape index (κ1) is 17.2. The maximum atomic E-state index is 11.9. The quantitative estimate of drug-likeness (QED) is 0.766. The highest BCUT2D eigenvalue weighted by atomic mass is 16.4. The molecule has 0 heterocycles. The molecule has 1 amide bonds. The second-order valence-electron chi connectivity index (χ2n) is 5.23. The second kappa shape index (κ2) is 8.42. The van der Waals surface area contributed by atoms with Crippen LogP contribution >= 0.6 is 0 Å². The number of hydrogen-bond acceptors (Lipinski definition) is 3. The Hall–Kier alpha value is -1.88. The van der Waals surface area contributed by atoms with Gasteiger partial charge in [0.25, 0.3) is 0 Å². The summed E-state index contributed by atoms with van der Waals surface area (Å²) in [5.41, 5.74) is 0.724. The predicted octanol–water partition coefficient (Wildman–Crippen LogP) is 1.77. The van der Waals surface area contributed by atoms with Crippen LogP contribution < -0.4 is 5.32 Å². The van der Waals surface area contributed by atoms with Gasteiger partial charge in [-0.1, -0.05) is 25.1 Å². The number of amides is 1. The van der Waals surface area contributed by atoms with E-state index in [4.69, 9.17) is 5.11 Å². The molecule has 0 spiro atoms. The van der Waals surface area contributed by atoms with Crippen LogP contribution in [0.5, 0.6) is 0 Å². The Morgan fingerprint density at radius 1 is 1.33 bits per heavy atom. The average molecular weight is 292 g/mol. The normalized spacial score (nSPS) is 12.2. The van der Waals surface area contributed by atoms with Crippen molar-refractivity contribution in [3.63, 3.8) is 0 Å². The van der Waals surface area contributed by atoms with Crippen molar-refractivity contribution in [3.05, 3.63) is 35.4 Å². The molecule has 0 aliphatic carbocycles. The number of nitrogens with one attached hydrogen (secondary N) is 1. The molecule has 116 valence electrons. The minimum atomic E-state index is -1.00. The summed E-state index contributed by atoms with van der Waals surface area (Å²) in [4.78, 5) is 25.1. The van der Waals surface area contributed by atoms with E-state index in [1.54, 1.807) is 18.2 Å². The van der Waals surface area contributed by atoms with Crippen molar-refractivity contribution in [1.82, 2.24) is 10.2 Å². The topological polar surface area (TPSA) is 69.6 Å². The molecule has 0 aliphatic heterocycles. The van der Waals surface area contributed by atoms with E-state index in [0.717, 1.165) is 13.0 Å². The van der Waals surface area contributed by atoms with Crippen molar-refractivity contribution in [2.75, 3.05) is 20.1 Å². The Labute approximate surface area is 126 Å². The highest BCUT2D eigenvalue weighted by Crippen LogP contribution is 2.09. The molecule has 21 heavy (non-hydrogen) atoms. The standard InChI is InChI=1S/C16H24N2O3/c1-4-12(2)18(3)10-9-17-15(19)11-13-7-5-6-8-14(13)16(20)21/h5-8,12H,4,9-11H2,1-3H3,(H,17,19)(H,20,21). The van der Waals surface area contributed by atoms with Gasteiger partial charge in [-0.15, -0.1) is 0 Å². The van der Waals surface area contributed by atoms with Crippen LogP contribution in [0.1, 0.15) is 36.2 Å². The third-order valence-corrected chi connectivity index (χ3v) is 3.73. The molecule has 0 bridgehead atoms. The number of hydrogen-bond donors (Lipinski definition) is 2. The van der Waals surface area contributed by atoms with E-state index in [1.165, 1.54) is 6.07 Å². The van der Waals surface area contributed by atoms with Crippen LogP contribution in [0.4, 0.5) is 0 Å². The first-order valence-electron chi connectivity index (χ1n) is 7.23. The highest BCUT2D eigenvalue weighted by Gasteiger charge is 2.12. The second-order valence-corrected chi connectivity index (χ2v) is 5.23. The summed E-state index contributed by atoms with van der Waals surface area (Å²) in [5.74, 6) is -1.16. The van der Waals surface area contributed by atoms with Crippen molar-refractivity contribution < 1.29 is 14.7 Å². The lowest BCUT2D eigenvalue weighted by Crippen LogP contribution is -2.37. The molecule has 1 unspecified atom stereocenters. The Morgan fingerprint density at radius 2 is 2.00 bits per heavy atom. The molecule has 2 N–H and O–H groups in total. The van der Waals surface area contributed by atoms with Gasteiger partial charge < -0.3 is 15.3 Å². The number of carbonyl (C=O) groups is 2. The highest BCUT2D eigenvalue weighted by molar-refractivity contribution is 5.91. The largest absolute Gasteiger partial charge is 0.478 e. The Morgan fingerprint density at radius 3 is 2.62 bits per heavy atom. The van der Waals surface area contributed by atoms with Crippen LogP contribution in [0.3, 0.4) is 0 Å². The van der Waals surface area contributed by atoms with Gasteiger partial charge >= 0.3 is 5.97 Å². The lowest BCUT2D eigenvalue weighted by atomic mass is 10.0. The number of likely N-dealkylation sites (N-methyl/N-ethyl adjacent to an activating group) is 1. The molecule has 0 saturated heterocycles. The summed E-state index contributed by atoms with van der Waals surface area (Å²) in [6.07, 6.45) is 1.16. The molecule has 0 fully saturated rings. The molecule has 1 aromatic rings. The Bertz CT molecular complexity index is 488. The first-order chi connectivity index (χ1) is 9.95. The SMILES string of the molecule is CCC(C)N(C)CCNC(=O)Cc1ccccc1C(=O)O. The summed E-state index contributed by atoms with van der Waals surface area (Å²) < 4.78 is 0. The fraction of sp³-hybridized carbons (Fsp3) is 0.500. The van der Waals surface area contributed by atoms with Gasteiger partial charge in [-0.2, -0.15) is 0 Å². The maximum Gasteiger partial charge on any atom is 0.335 e. The molecule has 5 heteroatoms. The van der Waals surface area contributed by atoms with Gasteiger partial charge in [0.1, 0.15) is 0 Å². The molecule has 0 saturated carbocycles. The summed E-state index contributed by atoms with van der Waals surface area (Å²) in [6.45, 7) is 5.61. The minimum absolute atomic E-state index is 0.0928. The number of carboxylic acid groups (broad SMARTS) is 1. The Balaban J connectivity index is 2.46. The van der Waals surface area contributed by atoms with Gasteiger partial charge in [-0.05, 0) is 32.0 Å². The molecule has 1 aromatic carbocycles. The number of benzene rings is 1. The van der Waals surface area contributed by atoms with Crippen molar-refractivity contribution in [2.45, 2.75) is 32.7 Å². The van der Waals surface area contributed by atoms with E-state index < -0.39 is 5.97 Å². The maximum absolute atomic E-state index is 11.9. The van der Waals surface area contributed by atoms with E-state index in [0.29, 0.717) is 18.2 Å². The average Bonchev–Trinajstić information content (AvgIpc) is 2.46. The first-order valence-corrected chi connectivity index (χ1v) is 7.23. The van der Waals surface area contributed by atoms with Gasteiger partial charge in [0.2, 0.25) is 5.91 Å². The Kier molecular flexibility index (Phi) is 6.88. The van der Waals surface area contributed by atoms with Gasteiger partial charge in [-0.3, -0.25) is 4.79 Å². The lowest BCUT2D eigenvalue weighted by Gasteiger charge is -2.23. The summed E-state index contributed by atoms with van der Waals surface area (Å²) in [6, 6.07) is 7.07. The molecule has 1 rings (SSSR count). The minimum Gasteiger partial charge on any atom is -0.478 e. The molecule has 0 aromatic heterocycles. The van der Waals surface area contributed by atoms with E-state index in [-0.39, 0.29) is 17.9 Å². The van der Waals surface area contributed by atoms with E-state index in [1.807, 2.05) is 7.05 Å². The summed E-state index contributed by atoms with van der Waals surface area (Å²) in [7, 11) is 2.03. The zero-order valence-electron chi connectivity index (χ0n) is 12.9. The van der Waals surface area contributed by atoms with Crippen molar-refractivity contribution in [3.8, 4) is 0 Å². The van der Waals surface area contributed by atoms with Gasteiger partial charge in [0.15, 0.2) is 0 Å². The van der Waals surface area contributed by atoms with E-state index in [9.17, 15) is 9.59 Å². The van der Waals surface area contributed by atoms with E-state index in [2.05, 4.69) is 24.1 Å². The smallest absolute Gasteiger partial charge is 0.335 e. The number of nitrogens with zero attached hydrogens (tertiary/aromatic N) is 1. The number of rotatable bonds is 8. The molecular formula is C16H24N2O3. The fourth-order valence-electron chi connectivity index (χ4n) is 2.02. The predicted molar refractivity (Wildman–Crippen MR) is 82.5 cm³/mol. The van der Waals surface area contributed by atoms with Crippen LogP contribution in [0, 0.1) is 0 Å². The van der Waals surface area contributed by atoms with Crippen LogP contribution in [-0.2, 0) is 11.2 Å². The molecule has 0 aliphatic rings. The van der Waals surface area contributed by atoms with Crippen molar-refractivity contribution in [2.24, 2.45) is 0 Å². The third kappa shape index (κ3) is 5.55. The van der Waals surface area contributed by atoms with Crippen molar-refractivity contribution >= 4 is 11.9 Å². The molecule has 0 radical (unpaired) electrons. The summed E-state index contributed by atoms with van der Waals surface area (Å²) in [5, 5.41) is 11.9. The van der Waals surface area contributed by atoms with Crippen LogP contribution in [0.2, 0.25) is 0 Å². The lowest BCUT2D eigenvalue weighted by molar-refractivity contribution is -0.120. The number of carbonyl (C=O) groups excluding carboxylic acids is 1. The van der Waals surface area contributed by atoms with Gasteiger partial charge in [0.05, 0.1) is 12.0 Å². The number of carboxylic acids is 1. The zero-order chi connectivity index (χ0) is 15.8. The van der Waals surface area contributed by atoms with Crippen LogP contribution in [-0.4, -0.2) is 48.1 Å². The van der Waals surface area contributed by atoms with Gasteiger partial charge in [-0.25, -0.2) is 4.79 Å². The monoisotopic (exact) mass is 292 g/mol. The molecular weight excluding hydrogens is 268 g/mol. The zero-order valence-corrected chi connectivity index (χ0v) is 12.9. The summed E-state index contributed by atoms with van der Waals surface area (Å²) >= 11 is 0. The third-order valence-electron chi connectivity index (χ3n) is 3.73. The van der Waals surface area contributed by atoms with Crippen LogP contribution in [0.25, 0.3) is 0 Å². The van der Waals surface area contributed by atoms with Crippen molar-refractivity contribution in [1.29, 1.82) is 0 Å². The fourth-order valence-corrected chi connectivity index (χ4v) is 2.02. The molecule has 1 atom stereocenters. The van der Waals surface area contributed by atoms with Gasteiger partial charge in [0, 0.05) is 19.1 Å².